The molecule has 0 saturated heterocycles. The van der Waals surface area contributed by atoms with Gasteiger partial charge >= 0.3 is 0 Å². The summed E-state index contributed by atoms with van der Waals surface area (Å²) in [6, 6.07) is 4.52. The number of benzene rings is 1. The molecule has 1 nitrogen and oxygen atoms in total. The van der Waals surface area contributed by atoms with Gasteiger partial charge in [0, 0.05) is 5.56 Å². The van der Waals surface area contributed by atoms with Crippen molar-refractivity contribution < 1.29 is 9.18 Å². The predicted molar refractivity (Wildman–Crippen MR) is 41.1 cm³/mol. The summed E-state index contributed by atoms with van der Waals surface area (Å²) in [5.41, 5.74) is 0.894. The van der Waals surface area contributed by atoms with E-state index >= 15 is 0 Å². The average molecular weight is 152 g/mol. The van der Waals surface area contributed by atoms with Crippen molar-refractivity contribution in [3.63, 3.8) is 0 Å². The van der Waals surface area contributed by atoms with Gasteiger partial charge in [-0.05, 0) is 25.5 Å². The lowest BCUT2D eigenvalue weighted by molar-refractivity contribution is 0.101. The summed E-state index contributed by atoms with van der Waals surface area (Å²) in [6.07, 6.45) is 0. The van der Waals surface area contributed by atoms with Gasteiger partial charge in [-0.1, -0.05) is 12.1 Å². The summed E-state index contributed by atoms with van der Waals surface area (Å²) >= 11 is 0. The molecule has 0 N–H and O–H groups in total. The number of ketones is 1. The van der Waals surface area contributed by atoms with E-state index in [1.807, 2.05) is 0 Å². The fourth-order valence-corrected chi connectivity index (χ4v) is 0.989. The second-order valence-corrected chi connectivity index (χ2v) is 2.47. The molecule has 0 aliphatic carbocycles. The molecule has 11 heavy (non-hydrogen) atoms. The topological polar surface area (TPSA) is 17.1 Å². The van der Waals surface area contributed by atoms with Crippen LogP contribution in [0.1, 0.15) is 22.8 Å². The highest BCUT2D eigenvalue weighted by atomic mass is 19.1. The van der Waals surface area contributed by atoms with Crippen LogP contribution in [0.15, 0.2) is 18.2 Å². The molecular weight excluding hydrogens is 143 g/mol. The fraction of sp³-hybridized carbons (Fsp3) is 0.222. The molecule has 0 bridgehead atoms. The van der Waals surface area contributed by atoms with Crippen LogP contribution >= 0.6 is 0 Å². The number of hydrogen-bond donors (Lipinski definition) is 0. The third-order valence-corrected chi connectivity index (χ3v) is 1.65. The van der Waals surface area contributed by atoms with E-state index in [0.29, 0.717) is 11.1 Å². The molecule has 0 atom stereocenters. The van der Waals surface area contributed by atoms with Gasteiger partial charge in [-0.25, -0.2) is 4.39 Å². The maximum atomic E-state index is 12.8. The first-order valence-electron chi connectivity index (χ1n) is 3.39. The largest absolute Gasteiger partial charge is 0.294 e. The number of hydrogen-bond acceptors (Lipinski definition) is 1. The number of Topliss-reactive ketones (excluding diaryl/α,β-unsaturated/α-hetero) is 1. The summed E-state index contributed by atoms with van der Waals surface area (Å²) in [5, 5.41) is 0. The van der Waals surface area contributed by atoms with Gasteiger partial charge < -0.3 is 0 Å². The molecule has 0 heterocycles. The first-order chi connectivity index (χ1) is 5.13. The maximum Gasteiger partial charge on any atom is 0.160 e. The molecule has 1 rings (SSSR count). The summed E-state index contributed by atoms with van der Waals surface area (Å²) in [5.74, 6) is -0.417. The van der Waals surface area contributed by atoms with Crippen LogP contribution in [-0.2, 0) is 0 Å². The van der Waals surface area contributed by atoms with Crippen molar-refractivity contribution in [3.8, 4) is 0 Å². The molecule has 0 amide bonds. The highest BCUT2D eigenvalue weighted by Crippen LogP contribution is 2.11. The van der Waals surface area contributed by atoms with E-state index in [2.05, 4.69) is 0 Å². The Kier molecular flexibility index (Phi) is 2.03. The molecule has 0 radical (unpaired) electrons. The molecule has 0 unspecified atom stereocenters. The number of carbonyl (C=O) groups excluding carboxylic acids is 1. The van der Waals surface area contributed by atoms with E-state index < -0.39 is 0 Å². The molecular formula is C9H9FO. The van der Waals surface area contributed by atoms with Gasteiger partial charge in [-0.15, -0.1) is 0 Å². The molecule has 0 spiro atoms. The Morgan fingerprint density at radius 3 is 2.55 bits per heavy atom. The normalized spacial score (nSPS) is 9.73. The Hall–Kier alpha value is -1.18. The second kappa shape index (κ2) is 2.82. The van der Waals surface area contributed by atoms with Gasteiger partial charge in [0.15, 0.2) is 5.78 Å². The Balaban J connectivity index is 3.27. The Labute approximate surface area is 64.9 Å². The van der Waals surface area contributed by atoms with Gasteiger partial charge in [0.25, 0.3) is 0 Å². The van der Waals surface area contributed by atoms with E-state index in [0.717, 1.165) is 0 Å². The van der Waals surface area contributed by atoms with Crippen molar-refractivity contribution in [3.05, 3.63) is 35.1 Å². The lowest BCUT2D eigenvalue weighted by Crippen LogP contribution is -1.97. The van der Waals surface area contributed by atoms with Crippen LogP contribution in [0, 0.1) is 12.7 Å². The Bertz CT molecular complexity index is 292. The van der Waals surface area contributed by atoms with E-state index in [1.54, 1.807) is 19.1 Å². The Morgan fingerprint density at radius 1 is 1.45 bits per heavy atom. The first-order valence-corrected chi connectivity index (χ1v) is 3.39. The quantitative estimate of drug-likeness (QED) is 0.564. The van der Waals surface area contributed by atoms with Crippen molar-refractivity contribution in [2.75, 3.05) is 0 Å². The zero-order chi connectivity index (χ0) is 8.43. The van der Waals surface area contributed by atoms with Crippen LogP contribution in [0.3, 0.4) is 0 Å². The third kappa shape index (κ3) is 1.45. The van der Waals surface area contributed by atoms with Crippen molar-refractivity contribution in [2.24, 2.45) is 0 Å². The van der Waals surface area contributed by atoms with E-state index in [9.17, 15) is 9.18 Å². The summed E-state index contributed by atoms with van der Waals surface area (Å²) < 4.78 is 12.8. The van der Waals surface area contributed by atoms with Crippen molar-refractivity contribution in [1.29, 1.82) is 0 Å². The van der Waals surface area contributed by atoms with Gasteiger partial charge in [0.1, 0.15) is 5.82 Å². The van der Waals surface area contributed by atoms with Crippen LogP contribution in [0.2, 0.25) is 0 Å². The zero-order valence-electron chi connectivity index (χ0n) is 6.52. The summed E-state index contributed by atoms with van der Waals surface area (Å²) in [7, 11) is 0. The lowest BCUT2D eigenvalue weighted by Gasteiger charge is -2.00. The highest BCUT2D eigenvalue weighted by molar-refractivity contribution is 5.95. The van der Waals surface area contributed by atoms with Crippen LogP contribution < -0.4 is 0 Å². The van der Waals surface area contributed by atoms with Gasteiger partial charge in [-0.3, -0.25) is 4.79 Å². The molecule has 0 fully saturated rings. The predicted octanol–water partition coefficient (Wildman–Crippen LogP) is 2.34. The number of halogens is 1. The van der Waals surface area contributed by atoms with E-state index in [1.165, 1.54) is 13.0 Å². The number of rotatable bonds is 1. The summed E-state index contributed by atoms with van der Waals surface area (Å²) in [6.45, 7) is 3.04. The monoisotopic (exact) mass is 152 g/mol. The third-order valence-electron chi connectivity index (χ3n) is 1.65. The fourth-order valence-electron chi connectivity index (χ4n) is 0.989. The maximum absolute atomic E-state index is 12.8. The van der Waals surface area contributed by atoms with Crippen molar-refractivity contribution >= 4 is 5.78 Å². The average Bonchev–Trinajstić information content (AvgIpc) is 1.94. The van der Waals surface area contributed by atoms with Gasteiger partial charge in [0.2, 0.25) is 0 Å². The minimum Gasteiger partial charge on any atom is -0.294 e. The molecule has 0 aliphatic rings. The van der Waals surface area contributed by atoms with Crippen molar-refractivity contribution in [1.82, 2.24) is 0 Å². The van der Waals surface area contributed by atoms with Gasteiger partial charge in [0.05, 0.1) is 0 Å². The first kappa shape index (κ1) is 7.92. The molecule has 0 saturated carbocycles. The molecule has 0 aromatic heterocycles. The molecule has 1 aromatic carbocycles. The van der Waals surface area contributed by atoms with E-state index in [4.69, 9.17) is 0 Å². The second-order valence-electron chi connectivity index (χ2n) is 2.47. The van der Waals surface area contributed by atoms with Crippen LogP contribution in [0.5, 0.6) is 0 Å². The standard InChI is InChI=1S/C9H9FO/c1-6-8(7(2)11)4-3-5-9(6)10/h3-5H,1-2H3. The zero-order valence-corrected chi connectivity index (χ0v) is 6.52. The van der Waals surface area contributed by atoms with Crippen LogP contribution in [0.4, 0.5) is 4.39 Å². The summed E-state index contributed by atoms with van der Waals surface area (Å²) in [4.78, 5) is 10.9. The van der Waals surface area contributed by atoms with Gasteiger partial charge in [-0.2, -0.15) is 0 Å². The van der Waals surface area contributed by atoms with E-state index in [-0.39, 0.29) is 11.6 Å². The smallest absolute Gasteiger partial charge is 0.160 e. The van der Waals surface area contributed by atoms with Crippen LogP contribution in [0.25, 0.3) is 0 Å². The molecule has 0 aliphatic heterocycles. The Morgan fingerprint density at radius 2 is 2.09 bits per heavy atom. The lowest BCUT2D eigenvalue weighted by atomic mass is 10.1. The highest BCUT2D eigenvalue weighted by Gasteiger charge is 2.05. The SMILES string of the molecule is CC(=O)c1cccc(F)c1C. The molecule has 58 valence electrons. The molecule has 2 heteroatoms. The van der Waals surface area contributed by atoms with Crippen LogP contribution in [-0.4, -0.2) is 5.78 Å². The molecule has 1 aromatic rings. The van der Waals surface area contributed by atoms with Crippen molar-refractivity contribution in [2.45, 2.75) is 13.8 Å². The minimum absolute atomic E-state index is 0.0954. The number of carbonyl (C=O) groups is 1. The minimum atomic E-state index is -0.322.